The van der Waals surface area contributed by atoms with Crippen molar-refractivity contribution in [2.24, 2.45) is 4.99 Å². The van der Waals surface area contributed by atoms with Crippen molar-refractivity contribution in [2.75, 3.05) is 26.7 Å². The highest BCUT2D eigenvalue weighted by molar-refractivity contribution is 14.0. The van der Waals surface area contributed by atoms with E-state index in [1.807, 2.05) is 30.3 Å². The number of carbonyl (C=O) groups excluding carboxylic acids is 1. The van der Waals surface area contributed by atoms with E-state index in [4.69, 9.17) is 0 Å². The van der Waals surface area contributed by atoms with Crippen molar-refractivity contribution in [2.45, 2.75) is 45.3 Å². The second kappa shape index (κ2) is 14.8. The average Bonchev–Trinajstić information content (AvgIpc) is 2.82. The molecule has 7 heteroatoms. The van der Waals surface area contributed by atoms with Gasteiger partial charge in [-0.2, -0.15) is 0 Å². The van der Waals surface area contributed by atoms with Crippen LogP contribution in [0.4, 0.5) is 0 Å². The molecule has 174 valence electrons. The number of rotatable bonds is 9. The van der Waals surface area contributed by atoms with Crippen LogP contribution in [0, 0.1) is 0 Å². The van der Waals surface area contributed by atoms with Crippen molar-refractivity contribution >= 4 is 35.8 Å². The van der Waals surface area contributed by atoms with Gasteiger partial charge in [-0.05, 0) is 42.6 Å². The van der Waals surface area contributed by atoms with Crippen LogP contribution in [0.2, 0.25) is 0 Å². The van der Waals surface area contributed by atoms with E-state index >= 15 is 0 Å². The summed E-state index contributed by atoms with van der Waals surface area (Å²) in [5, 5.41) is 9.46. The molecule has 2 aromatic rings. The predicted molar refractivity (Wildman–Crippen MR) is 142 cm³/mol. The number of hydrogen-bond donors (Lipinski definition) is 3. The van der Waals surface area contributed by atoms with Crippen LogP contribution in [-0.2, 0) is 24.4 Å². The highest BCUT2D eigenvalue weighted by Gasteiger charge is 2.10. The Kier molecular flexibility index (Phi) is 12.1. The summed E-state index contributed by atoms with van der Waals surface area (Å²) in [5.74, 6) is 0.726. The molecule has 3 rings (SSSR count). The van der Waals surface area contributed by atoms with Gasteiger partial charge in [-0.1, -0.05) is 61.0 Å². The van der Waals surface area contributed by atoms with Gasteiger partial charge in [-0.3, -0.25) is 14.7 Å². The SMILES string of the molecule is CN=C(NCCC(=O)NCc1ccccc1)NCc1ccc(CN2CCCCC2)cc1.I. The molecule has 1 aliphatic rings. The maximum Gasteiger partial charge on any atom is 0.222 e. The lowest BCUT2D eigenvalue weighted by atomic mass is 10.1. The lowest BCUT2D eigenvalue weighted by Gasteiger charge is -2.26. The van der Waals surface area contributed by atoms with Crippen molar-refractivity contribution in [1.29, 1.82) is 0 Å². The highest BCUT2D eigenvalue weighted by atomic mass is 127. The first kappa shape index (κ1) is 26.1. The summed E-state index contributed by atoms with van der Waals surface area (Å²) in [6.45, 7) is 5.27. The van der Waals surface area contributed by atoms with E-state index in [-0.39, 0.29) is 29.9 Å². The quantitative estimate of drug-likeness (QED) is 0.254. The zero-order chi connectivity index (χ0) is 21.7. The molecule has 0 spiro atoms. The van der Waals surface area contributed by atoms with Gasteiger partial charge in [0.1, 0.15) is 0 Å². The summed E-state index contributed by atoms with van der Waals surface area (Å²) in [7, 11) is 1.74. The molecule has 0 aliphatic carbocycles. The summed E-state index contributed by atoms with van der Waals surface area (Å²) < 4.78 is 0. The standard InChI is InChI=1S/C25H35N5O.HI/c1-26-25(27-15-14-24(31)28-18-21-8-4-2-5-9-21)29-19-22-10-12-23(13-11-22)20-30-16-6-3-7-17-30;/h2,4-5,8-13H,3,6-7,14-20H2,1H3,(H,28,31)(H2,26,27,29);1H. The van der Waals surface area contributed by atoms with Crippen LogP contribution in [0.3, 0.4) is 0 Å². The molecular weight excluding hydrogens is 513 g/mol. The molecule has 0 bridgehead atoms. The highest BCUT2D eigenvalue weighted by Crippen LogP contribution is 2.13. The van der Waals surface area contributed by atoms with Crippen LogP contribution in [0.15, 0.2) is 59.6 Å². The molecule has 0 radical (unpaired) electrons. The van der Waals surface area contributed by atoms with Gasteiger partial charge in [0.15, 0.2) is 5.96 Å². The number of guanidine groups is 1. The van der Waals surface area contributed by atoms with Crippen LogP contribution in [0.5, 0.6) is 0 Å². The first-order valence-corrected chi connectivity index (χ1v) is 11.3. The molecule has 1 aliphatic heterocycles. The Hall–Kier alpha value is -2.13. The second-order valence-corrected chi connectivity index (χ2v) is 8.02. The van der Waals surface area contributed by atoms with E-state index in [9.17, 15) is 4.79 Å². The number of piperidine rings is 1. The van der Waals surface area contributed by atoms with E-state index in [2.05, 4.69) is 50.1 Å². The third kappa shape index (κ3) is 9.56. The van der Waals surface area contributed by atoms with Gasteiger partial charge in [0.05, 0.1) is 0 Å². The lowest BCUT2D eigenvalue weighted by Crippen LogP contribution is -2.38. The van der Waals surface area contributed by atoms with E-state index in [0.29, 0.717) is 32.0 Å². The van der Waals surface area contributed by atoms with E-state index in [1.165, 1.54) is 43.5 Å². The van der Waals surface area contributed by atoms with Crippen molar-refractivity contribution in [3.05, 3.63) is 71.3 Å². The maximum absolute atomic E-state index is 12.0. The fourth-order valence-corrected chi connectivity index (χ4v) is 3.72. The number of carbonyl (C=O) groups is 1. The minimum Gasteiger partial charge on any atom is -0.356 e. The summed E-state index contributed by atoms with van der Waals surface area (Å²) in [4.78, 5) is 18.8. The summed E-state index contributed by atoms with van der Waals surface area (Å²) >= 11 is 0. The number of amides is 1. The Morgan fingerprint density at radius 3 is 2.16 bits per heavy atom. The Balaban J connectivity index is 0.00000363. The molecule has 0 atom stereocenters. The molecule has 1 fully saturated rings. The summed E-state index contributed by atoms with van der Waals surface area (Å²) in [5.41, 5.74) is 3.68. The molecule has 1 heterocycles. The largest absolute Gasteiger partial charge is 0.356 e. The van der Waals surface area contributed by atoms with E-state index < -0.39 is 0 Å². The molecule has 0 saturated carbocycles. The molecule has 0 unspecified atom stereocenters. The van der Waals surface area contributed by atoms with Crippen LogP contribution in [0.25, 0.3) is 0 Å². The molecule has 3 N–H and O–H groups in total. The van der Waals surface area contributed by atoms with Crippen molar-refractivity contribution in [3.63, 3.8) is 0 Å². The molecule has 32 heavy (non-hydrogen) atoms. The van der Waals surface area contributed by atoms with Crippen LogP contribution >= 0.6 is 24.0 Å². The van der Waals surface area contributed by atoms with E-state index in [0.717, 1.165) is 12.1 Å². The molecule has 6 nitrogen and oxygen atoms in total. The minimum absolute atomic E-state index is 0. The molecule has 1 amide bonds. The number of halogens is 1. The number of nitrogens with one attached hydrogen (secondary N) is 3. The van der Waals surface area contributed by atoms with Gasteiger partial charge in [0.25, 0.3) is 0 Å². The maximum atomic E-state index is 12.0. The van der Waals surface area contributed by atoms with E-state index in [1.54, 1.807) is 7.05 Å². The van der Waals surface area contributed by atoms with Gasteiger partial charge in [0, 0.05) is 39.6 Å². The van der Waals surface area contributed by atoms with Crippen LogP contribution in [-0.4, -0.2) is 43.4 Å². The Labute approximate surface area is 209 Å². The summed E-state index contributed by atoms with van der Waals surface area (Å²) in [6, 6.07) is 18.7. The monoisotopic (exact) mass is 549 g/mol. The molecular formula is C25H36IN5O. The number of aliphatic imine (C=N–C) groups is 1. The van der Waals surface area contributed by atoms with Gasteiger partial charge >= 0.3 is 0 Å². The Morgan fingerprint density at radius 1 is 0.844 bits per heavy atom. The minimum atomic E-state index is 0. The van der Waals surface area contributed by atoms with Gasteiger partial charge in [-0.15, -0.1) is 24.0 Å². The van der Waals surface area contributed by atoms with Crippen molar-refractivity contribution in [3.8, 4) is 0 Å². The van der Waals surface area contributed by atoms with Gasteiger partial charge < -0.3 is 16.0 Å². The topological polar surface area (TPSA) is 68.8 Å². The van der Waals surface area contributed by atoms with Crippen LogP contribution in [0.1, 0.15) is 42.4 Å². The molecule has 0 aromatic heterocycles. The van der Waals surface area contributed by atoms with Gasteiger partial charge in [0.2, 0.25) is 5.91 Å². The van der Waals surface area contributed by atoms with Crippen molar-refractivity contribution in [1.82, 2.24) is 20.9 Å². The third-order valence-corrected chi connectivity index (χ3v) is 5.54. The van der Waals surface area contributed by atoms with Crippen LogP contribution < -0.4 is 16.0 Å². The zero-order valence-corrected chi connectivity index (χ0v) is 21.3. The first-order valence-electron chi connectivity index (χ1n) is 11.3. The third-order valence-electron chi connectivity index (χ3n) is 5.54. The zero-order valence-electron chi connectivity index (χ0n) is 19.0. The van der Waals surface area contributed by atoms with Crippen molar-refractivity contribution < 1.29 is 4.79 Å². The normalized spacial score (nSPS) is 14.3. The number of hydrogen-bond acceptors (Lipinski definition) is 3. The Bertz CT molecular complexity index is 820. The lowest BCUT2D eigenvalue weighted by molar-refractivity contribution is -0.121. The predicted octanol–water partition coefficient (Wildman–Crippen LogP) is 3.66. The molecule has 1 saturated heterocycles. The van der Waals surface area contributed by atoms with Gasteiger partial charge in [-0.25, -0.2) is 0 Å². The number of likely N-dealkylation sites (tertiary alicyclic amines) is 1. The summed E-state index contributed by atoms with van der Waals surface area (Å²) in [6.07, 6.45) is 4.42. The molecule has 2 aromatic carbocycles. The second-order valence-electron chi connectivity index (χ2n) is 8.02. The number of nitrogens with zero attached hydrogens (tertiary/aromatic N) is 2. The fourth-order valence-electron chi connectivity index (χ4n) is 3.72. The number of benzene rings is 2. The first-order chi connectivity index (χ1) is 15.2. The Morgan fingerprint density at radius 2 is 1.47 bits per heavy atom. The average molecular weight is 550 g/mol. The smallest absolute Gasteiger partial charge is 0.222 e. The fraction of sp³-hybridized carbons (Fsp3) is 0.440.